The highest BCUT2D eigenvalue weighted by Crippen LogP contribution is 2.27. The first-order chi connectivity index (χ1) is 9.84. The molecular weight excluding hydrogens is 282 g/mol. The summed E-state index contributed by atoms with van der Waals surface area (Å²) >= 11 is 1.73. The fourth-order valence-corrected chi connectivity index (χ4v) is 2.75. The Hall–Kier alpha value is -1.88. The number of rotatable bonds is 4. The Morgan fingerprint density at radius 3 is 2.62 bits per heavy atom. The smallest absolute Gasteiger partial charge is 0.221 e. The number of nitrogens with one attached hydrogen (secondary N) is 2. The molecule has 1 aromatic heterocycles. The number of hydrogen-bond donors (Lipinski definition) is 2. The van der Waals surface area contributed by atoms with Gasteiger partial charge in [0, 0.05) is 34.8 Å². The maximum atomic E-state index is 11.1. The zero-order valence-electron chi connectivity index (χ0n) is 12.9. The number of benzene rings is 1. The predicted molar refractivity (Wildman–Crippen MR) is 88.9 cm³/mol. The van der Waals surface area contributed by atoms with Gasteiger partial charge in [0.1, 0.15) is 0 Å². The van der Waals surface area contributed by atoms with Crippen molar-refractivity contribution in [3.63, 3.8) is 0 Å². The molecule has 0 bridgehead atoms. The number of nitrogens with zero attached hydrogens (tertiary/aromatic N) is 1. The van der Waals surface area contributed by atoms with E-state index in [1.54, 1.807) is 11.3 Å². The van der Waals surface area contributed by atoms with E-state index in [0.717, 1.165) is 22.9 Å². The van der Waals surface area contributed by atoms with Gasteiger partial charge in [0.15, 0.2) is 0 Å². The van der Waals surface area contributed by atoms with E-state index in [2.05, 4.69) is 36.4 Å². The lowest BCUT2D eigenvalue weighted by molar-refractivity contribution is -0.114. The first-order valence-electron chi connectivity index (χ1n) is 6.91. The second kappa shape index (κ2) is 6.26. The van der Waals surface area contributed by atoms with Crippen LogP contribution in [0.4, 0.5) is 11.4 Å². The van der Waals surface area contributed by atoms with Gasteiger partial charge in [-0.1, -0.05) is 26.8 Å². The molecule has 0 atom stereocenters. The SMILES string of the molecule is CC(=O)Nc1cccc(NCc2cnc(C(C)(C)C)s2)c1. The highest BCUT2D eigenvalue weighted by molar-refractivity contribution is 7.11. The van der Waals surface area contributed by atoms with Crippen molar-refractivity contribution in [2.24, 2.45) is 0 Å². The Bertz CT molecular complexity index is 628. The van der Waals surface area contributed by atoms with Gasteiger partial charge in [0.2, 0.25) is 5.91 Å². The molecule has 2 aromatic rings. The van der Waals surface area contributed by atoms with Gasteiger partial charge in [-0.05, 0) is 18.2 Å². The van der Waals surface area contributed by atoms with Gasteiger partial charge in [-0.3, -0.25) is 4.79 Å². The summed E-state index contributed by atoms with van der Waals surface area (Å²) in [7, 11) is 0. The molecule has 5 heteroatoms. The van der Waals surface area contributed by atoms with Crippen molar-refractivity contribution in [3.05, 3.63) is 40.3 Å². The van der Waals surface area contributed by atoms with Crippen LogP contribution < -0.4 is 10.6 Å². The molecule has 1 amide bonds. The van der Waals surface area contributed by atoms with Crippen LogP contribution in [0.3, 0.4) is 0 Å². The molecule has 2 N–H and O–H groups in total. The summed E-state index contributed by atoms with van der Waals surface area (Å²) in [5.74, 6) is -0.0653. The van der Waals surface area contributed by atoms with E-state index >= 15 is 0 Å². The Kier molecular flexibility index (Phi) is 4.63. The van der Waals surface area contributed by atoms with Crippen molar-refractivity contribution >= 4 is 28.6 Å². The van der Waals surface area contributed by atoms with Gasteiger partial charge in [0.05, 0.1) is 11.6 Å². The van der Waals surface area contributed by atoms with E-state index in [-0.39, 0.29) is 11.3 Å². The zero-order valence-corrected chi connectivity index (χ0v) is 13.7. The molecular formula is C16H21N3OS. The number of carbonyl (C=O) groups is 1. The van der Waals surface area contributed by atoms with E-state index in [0.29, 0.717) is 0 Å². The van der Waals surface area contributed by atoms with Gasteiger partial charge >= 0.3 is 0 Å². The van der Waals surface area contributed by atoms with E-state index in [1.165, 1.54) is 11.8 Å². The average Bonchev–Trinajstić information content (AvgIpc) is 2.84. The third-order valence-electron chi connectivity index (χ3n) is 2.84. The number of anilines is 2. The van der Waals surface area contributed by atoms with Crippen LogP contribution in [-0.2, 0) is 16.8 Å². The van der Waals surface area contributed by atoms with Gasteiger partial charge < -0.3 is 10.6 Å². The third-order valence-corrected chi connectivity index (χ3v) is 4.27. The summed E-state index contributed by atoms with van der Waals surface area (Å²) in [6.07, 6.45) is 1.93. The normalized spacial score (nSPS) is 11.2. The van der Waals surface area contributed by atoms with E-state index in [9.17, 15) is 4.79 Å². The molecule has 0 spiro atoms. The quantitative estimate of drug-likeness (QED) is 0.897. The Morgan fingerprint density at radius 2 is 2.00 bits per heavy atom. The minimum Gasteiger partial charge on any atom is -0.380 e. The molecule has 1 aromatic carbocycles. The highest BCUT2D eigenvalue weighted by Gasteiger charge is 2.17. The van der Waals surface area contributed by atoms with Gasteiger partial charge in [-0.15, -0.1) is 11.3 Å². The van der Waals surface area contributed by atoms with E-state index in [1.807, 2.05) is 30.5 Å². The number of hydrogen-bond acceptors (Lipinski definition) is 4. The second-order valence-corrected chi connectivity index (χ2v) is 7.11. The van der Waals surface area contributed by atoms with E-state index < -0.39 is 0 Å². The number of aromatic nitrogens is 1. The minimum absolute atomic E-state index is 0.0653. The lowest BCUT2D eigenvalue weighted by Gasteiger charge is -2.13. The van der Waals surface area contributed by atoms with Crippen LogP contribution in [-0.4, -0.2) is 10.9 Å². The number of carbonyl (C=O) groups excluding carboxylic acids is 1. The Labute approximate surface area is 129 Å². The third kappa shape index (κ3) is 4.56. The molecule has 0 aliphatic rings. The molecule has 0 unspecified atom stereocenters. The van der Waals surface area contributed by atoms with Crippen LogP contribution in [0.25, 0.3) is 0 Å². The summed E-state index contributed by atoms with van der Waals surface area (Å²) in [5.41, 5.74) is 1.87. The lowest BCUT2D eigenvalue weighted by Crippen LogP contribution is -2.09. The summed E-state index contributed by atoms with van der Waals surface area (Å²) in [6, 6.07) is 7.70. The van der Waals surface area contributed by atoms with Gasteiger partial charge in [-0.25, -0.2) is 4.98 Å². The van der Waals surface area contributed by atoms with Crippen LogP contribution in [0.5, 0.6) is 0 Å². The fourth-order valence-electron chi connectivity index (χ4n) is 1.84. The Morgan fingerprint density at radius 1 is 1.29 bits per heavy atom. The summed E-state index contributed by atoms with van der Waals surface area (Å²) < 4.78 is 0. The highest BCUT2D eigenvalue weighted by atomic mass is 32.1. The molecule has 21 heavy (non-hydrogen) atoms. The van der Waals surface area contributed by atoms with Crippen molar-refractivity contribution in [2.45, 2.75) is 39.7 Å². The van der Waals surface area contributed by atoms with Crippen molar-refractivity contribution in [3.8, 4) is 0 Å². The van der Waals surface area contributed by atoms with Crippen LogP contribution in [0.2, 0.25) is 0 Å². The van der Waals surface area contributed by atoms with Crippen LogP contribution in [0.15, 0.2) is 30.5 Å². The first kappa shape index (κ1) is 15.5. The molecule has 1 heterocycles. The molecule has 0 fully saturated rings. The van der Waals surface area contributed by atoms with Gasteiger partial charge in [-0.2, -0.15) is 0 Å². The molecule has 0 saturated carbocycles. The van der Waals surface area contributed by atoms with Crippen molar-refractivity contribution in [1.82, 2.24) is 4.98 Å². The maximum absolute atomic E-state index is 11.1. The van der Waals surface area contributed by atoms with Crippen molar-refractivity contribution in [1.29, 1.82) is 0 Å². The molecule has 0 aliphatic heterocycles. The Balaban J connectivity index is 2.00. The first-order valence-corrected chi connectivity index (χ1v) is 7.73. The minimum atomic E-state index is -0.0653. The largest absolute Gasteiger partial charge is 0.380 e. The molecule has 2 rings (SSSR count). The molecule has 112 valence electrons. The maximum Gasteiger partial charge on any atom is 0.221 e. The van der Waals surface area contributed by atoms with E-state index in [4.69, 9.17) is 0 Å². The summed E-state index contributed by atoms with van der Waals surface area (Å²) in [5, 5.41) is 7.28. The fraction of sp³-hybridized carbons (Fsp3) is 0.375. The molecule has 0 radical (unpaired) electrons. The standard InChI is InChI=1S/C16H21N3OS/c1-11(20)19-13-7-5-6-12(8-13)17-9-14-10-18-15(21-14)16(2,3)4/h5-8,10,17H,9H2,1-4H3,(H,19,20). The van der Waals surface area contributed by atoms with Crippen molar-refractivity contribution < 1.29 is 4.79 Å². The lowest BCUT2D eigenvalue weighted by atomic mass is 9.98. The van der Waals surface area contributed by atoms with Crippen LogP contribution in [0.1, 0.15) is 37.6 Å². The topological polar surface area (TPSA) is 54.0 Å². The number of thiazole rings is 1. The molecule has 4 nitrogen and oxygen atoms in total. The number of amides is 1. The van der Waals surface area contributed by atoms with Crippen LogP contribution >= 0.6 is 11.3 Å². The van der Waals surface area contributed by atoms with Gasteiger partial charge in [0.25, 0.3) is 0 Å². The van der Waals surface area contributed by atoms with Crippen molar-refractivity contribution in [2.75, 3.05) is 10.6 Å². The molecule has 0 aliphatic carbocycles. The molecule has 0 saturated heterocycles. The summed E-state index contributed by atoms with van der Waals surface area (Å²) in [4.78, 5) is 16.7. The average molecular weight is 303 g/mol. The predicted octanol–water partition coefficient (Wildman–Crippen LogP) is 4.01. The zero-order chi connectivity index (χ0) is 15.5. The summed E-state index contributed by atoms with van der Waals surface area (Å²) in [6.45, 7) is 8.74. The monoisotopic (exact) mass is 303 g/mol. The second-order valence-electron chi connectivity index (χ2n) is 6.00. The van der Waals surface area contributed by atoms with Crippen LogP contribution in [0, 0.1) is 0 Å².